The molecule has 1 fully saturated rings. The first kappa shape index (κ1) is 25.4. The standard InChI is InChI=1S/C27H42O4/c1-2-3-4-5-6-7-8-9-10-11-15-20-27(21-16-12-17-22-27)31-26(30)24-19-14-13-18-23(24)25(28)29/h13-14,18-19H,2-12,15-17,20-22H2,1H3,(H,28,29). The third kappa shape index (κ3) is 9.04. The van der Waals surface area contributed by atoms with Gasteiger partial charge in [0.15, 0.2) is 0 Å². The molecule has 0 amide bonds. The fraction of sp³-hybridized carbons (Fsp3) is 0.704. The van der Waals surface area contributed by atoms with Gasteiger partial charge >= 0.3 is 11.9 Å². The van der Waals surface area contributed by atoms with Crippen LogP contribution in [0.2, 0.25) is 0 Å². The third-order valence-corrected chi connectivity index (χ3v) is 6.69. The highest BCUT2D eigenvalue weighted by atomic mass is 16.6. The molecule has 0 aromatic heterocycles. The van der Waals surface area contributed by atoms with Gasteiger partial charge in [-0.2, -0.15) is 0 Å². The zero-order chi connectivity index (χ0) is 22.4. The third-order valence-electron chi connectivity index (χ3n) is 6.69. The Hall–Kier alpha value is -1.84. The van der Waals surface area contributed by atoms with Gasteiger partial charge in [0.2, 0.25) is 0 Å². The van der Waals surface area contributed by atoms with Crippen LogP contribution in [0.25, 0.3) is 0 Å². The number of benzene rings is 1. The van der Waals surface area contributed by atoms with Crippen molar-refractivity contribution in [3.8, 4) is 0 Å². The van der Waals surface area contributed by atoms with Gasteiger partial charge in [-0.25, -0.2) is 9.59 Å². The second-order valence-corrected chi connectivity index (χ2v) is 9.27. The fourth-order valence-corrected chi connectivity index (χ4v) is 4.81. The molecule has 0 saturated heterocycles. The molecular formula is C27H42O4. The van der Waals surface area contributed by atoms with E-state index in [-0.39, 0.29) is 11.1 Å². The van der Waals surface area contributed by atoms with E-state index in [0.717, 1.165) is 38.5 Å². The van der Waals surface area contributed by atoms with E-state index in [2.05, 4.69) is 6.92 Å². The molecule has 1 aliphatic rings. The van der Waals surface area contributed by atoms with Crippen molar-refractivity contribution in [1.29, 1.82) is 0 Å². The number of carbonyl (C=O) groups excluding carboxylic acids is 1. The number of rotatable bonds is 15. The van der Waals surface area contributed by atoms with Crippen molar-refractivity contribution >= 4 is 11.9 Å². The highest BCUT2D eigenvalue weighted by molar-refractivity contribution is 6.02. The van der Waals surface area contributed by atoms with Crippen LogP contribution in [0.3, 0.4) is 0 Å². The highest BCUT2D eigenvalue weighted by Crippen LogP contribution is 2.37. The maximum Gasteiger partial charge on any atom is 0.339 e. The fourth-order valence-electron chi connectivity index (χ4n) is 4.81. The first-order valence-corrected chi connectivity index (χ1v) is 12.6. The van der Waals surface area contributed by atoms with E-state index in [1.165, 1.54) is 76.7 Å². The highest BCUT2D eigenvalue weighted by Gasteiger charge is 2.36. The van der Waals surface area contributed by atoms with Gasteiger partial charge in [-0.1, -0.05) is 89.7 Å². The van der Waals surface area contributed by atoms with Crippen LogP contribution in [0.1, 0.15) is 137 Å². The molecule has 1 N–H and O–H groups in total. The molecule has 31 heavy (non-hydrogen) atoms. The summed E-state index contributed by atoms with van der Waals surface area (Å²) >= 11 is 0. The van der Waals surface area contributed by atoms with Crippen LogP contribution < -0.4 is 0 Å². The largest absolute Gasteiger partial charge is 0.478 e. The normalized spacial score (nSPS) is 15.5. The lowest BCUT2D eigenvalue weighted by Crippen LogP contribution is -2.37. The Morgan fingerprint density at radius 3 is 1.87 bits per heavy atom. The summed E-state index contributed by atoms with van der Waals surface area (Å²) in [7, 11) is 0. The molecule has 0 bridgehead atoms. The maximum absolute atomic E-state index is 12.9. The first-order chi connectivity index (χ1) is 15.1. The number of ether oxygens (including phenoxy) is 1. The van der Waals surface area contributed by atoms with Crippen molar-refractivity contribution in [2.24, 2.45) is 0 Å². The van der Waals surface area contributed by atoms with Gasteiger partial charge in [0.25, 0.3) is 0 Å². The average molecular weight is 431 g/mol. The van der Waals surface area contributed by atoms with Gasteiger partial charge < -0.3 is 9.84 Å². The van der Waals surface area contributed by atoms with E-state index in [9.17, 15) is 14.7 Å². The maximum atomic E-state index is 12.9. The summed E-state index contributed by atoms with van der Waals surface area (Å²) in [5.74, 6) is -1.57. The number of carboxylic acids is 1. The van der Waals surface area contributed by atoms with E-state index in [1.807, 2.05) is 0 Å². The molecule has 4 heteroatoms. The quantitative estimate of drug-likeness (QED) is 0.226. The lowest BCUT2D eigenvalue weighted by molar-refractivity contribution is -0.0437. The van der Waals surface area contributed by atoms with E-state index < -0.39 is 17.5 Å². The minimum atomic E-state index is -1.09. The Balaban J connectivity index is 1.76. The number of aromatic carboxylic acids is 1. The van der Waals surface area contributed by atoms with Crippen LogP contribution in [0.5, 0.6) is 0 Å². The molecule has 1 aromatic rings. The molecule has 0 aliphatic heterocycles. The summed E-state index contributed by atoms with van der Waals surface area (Å²) in [6.45, 7) is 2.26. The van der Waals surface area contributed by atoms with Crippen molar-refractivity contribution in [3.63, 3.8) is 0 Å². The van der Waals surface area contributed by atoms with E-state index >= 15 is 0 Å². The van der Waals surface area contributed by atoms with Crippen molar-refractivity contribution in [1.82, 2.24) is 0 Å². The SMILES string of the molecule is CCCCCCCCCCCCCC1(OC(=O)c2ccccc2C(=O)O)CCCCC1. The molecule has 0 spiro atoms. The molecular weight excluding hydrogens is 388 g/mol. The van der Waals surface area contributed by atoms with Crippen LogP contribution in [0.15, 0.2) is 24.3 Å². The number of unbranched alkanes of at least 4 members (excludes halogenated alkanes) is 10. The summed E-state index contributed by atoms with van der Waals surface area (Å²) < 4.78 is 6.05. The molecule has 0 atom stereocenters. The number of hydrogen-bond acceptors (Lipinski definition) is 3. The summed E-state index contributed by atoms with van der Waals surface area (Å²) in [5, 5.41) is 9.39. The van der Waals surface area contributed by atoms with Crippen molar-refractivity contribution in [2.45, 2.75) is 122 Å². The first-order valence-electron chi connectivity index (χ1n) is 12.6. The van der Waals surface area contributed by atoms with Crippen molar-refractivity contribution in [2.75, 3.05) is 0 Å². The molecule has 0 radical (unpaired) electrons. The predicted molar refractivity (Wildman–Crippen MR) is 126 cm³/mol. The van der Waals surface area contributed by atoms with E-state index in [4.69, 9.17) is 4.74 Å². The second-order valence-electron chi connectivity index (χ2n) is 9.27. The molecule has 174 valence electrons. The summed E-state index contributed by atoms with van der Waals surface area (Å²) in [4.78, 5) is 24.3. The summed E-state index contributed by atoms with van der Waals surface area (Å²) in [6, 6.07) is 6.36. The van der Waals surface area contributed by atoms with E-state index in [1.54, 1.807) is 18.2 Å². The Morgan fingerprint density at radius 1 is 0.806 bits per heavy atom. The van der Waals surface area contributed by atoms with Gasteiger partial charge in [-0.15, -0.1) is 0 Å². The van der Waals surface area contributed by atoms with Gasteiger partial charge in [0.05, 0.1) is 11.1 Å². The van der Waals surface area contributed by atoms with Gasteiger partial charge in [-0.3, -0.25) is 0 Å². The predicted octanol–water partition coefficient (Wildman–Crippen LogP) is 7.95. The van der Waals surface area contributed by atoms with Crippen molar-refractivity contribution in [3.05, 3.63) is 35.4 Å². The Bertz CT molecular complexity index is 661. The van der Waals surface area contributed by atoms with Crippen molar-refractivity contribution < 1.29 is 19.4 Å². The number of carboxylic acid groups (broad SMARTS) is 1. The van der Waals surface area contributed by atoms with Crippen LogP contribution in [-0.4, -0.2) is 22.6 Å². The van der Waals surface area contributed by atoms with Crippen LogP contribution in [0, 0.1) is 0 Å². The molecule has 1 aromatic carbocycles. The Morgan fingerprint density at radius 2 is 1.32 bits per heavy atom. The minimum Gasteiger partial charge on any atom is -0.478 e. The zero-order valence-electron chi connectivity index (χ0n) is 19.5. The van der Waals surface area contributed by atoms with Gasteiger partial charge in [-0.05, 0) is 50.7 Å². The van der Waals surface area contributed by atoms with E-state index in [0.29, 0.717) is 0 Å². The number of carbonyl (C=O) groups is 2. The number of hydrogen-bond donors (Lipinski definition) is 1. The molecule has 1 saturated carbocycles. The second kappa shape index (κ2) is 14.3. The summed E-state index contributed by atoms with van der Waals surface area (Å²) in [5.41, 5.74) is -0.229. The van der Waals surface area contributed by atoms with Crippen LogP contribution in [-0.2, 0) is 4.74 Å². The van der Waals surface area contributed by atoms with Gasteiger partial charge in [0.1, 0.15) is 5.60 Å². The van der Waals surface area contributed by atoms with Crippen LogP contribution in [0.4, 0.5) is 0 Å². The topological polar surface area (TPSA) is 63.6 Å². The average Bonchev–Trinajstić information content (AvgIpc) is 2.78. The molecule has 0 unspecified atom stereocenters. The Kier molecular flexibility index (Phi) is 11.7. The Labute approximate surface area is 188 Å². The molecule has 0 heterocycles. The lowest BCUT2D eigenvalue weighted by atomic mass is 9.80. The smallest absolute Gasteiger partial charge is 0.339 e. The van der Waals surface area contributed by atoms with Gasteiger partial charge in [0, 0.05) is 0 Å². The molecule has 4 nitrogen and oxygen atoms in total. The van der Waals surface area contributed by atoms with Crippen LogP contribution >= 0.6 is 0 Å². The lowest BCUT2D eigenvalue weighted by Gasteiger charge is -2.37. The minimum absolute atomic E-state index is 0.0214. The monoisotopic (exact) mass is 430 g/mol. The zero-order valence-corrected chi connectivity index (χ0v) is 19.5. The summed E-state index contributed by atoms with van der Waals surface area (Å²) in [6.07, 6.45) is 20.3. The molecule has 2 rings (SSSR count). The number of esters is 1. The molecule has 1 aliphatic carbocycles.